The van der Waals surface area contributed by atoms with Crippen molar-refractivity contribution < 1.29 is 5.11 Å². The Morgan fingerprint density at radius 1 is 1.18 bits per heavy atom. The minimum Gasteiger partial charge on any atom is -0.393 e. The number of hydrogen-bond acceptors (Lipinski definition) is 8. The number of rotatable bonds is 7. The van der Waals surface area contributed by atoms with Crippen LogP contribution in [0.25, 0.3) is 16.6 Å². The standard InChI is InChI=1S/C20H23N7O/c1-12(2)13-7-20(27-24-9-13)26-19-5-4-17-18(25-19)6-14(8-23-17)15(10-22-3)16(21)11-28/h4-10,12,21-22,28H,11H2,1-3H3,(H,25,26,27)/b15-10-,21-16?. The summed E-state index contributed by atoms with van der Waals surface area (Å²) in [7, 11) is 1.74. The topological polar surface area (TPSA) is 120 Å². The number of hydrogen-bond donors (Lipinski definition) is 4. The fraction of sp³-hybridized carbons (Fsp3) is 0.250. The fourth-order valence-electron chi connectivity index (χ4n) is 2.69. The molecular formula is C20H23N7O. The molecule has 0 aromatic carbocycles. The van der Waals surface area contributed by atoms with Crippen LogP contribution in [-0.2, 0) is 0 Å². The third kappa shape index (κ3) is 4.29. The summed E-state index contributed by atoms with van der Waals surface area (Å²) in [5.41, 5.74) is 3.86. The number of aliphatic hydroxyl groups excluding tert-OH is 1. The van der Waals surface area contributed by atoms with Gasteiger partial charge in [0.25, 0.3) is 0 Å². The zero-order valence-electron chi connectivity index (χ0n) is 16.1. The molecular weight excluding hydrogens is 354 g/mol. The van der Waals surface area contributed by atoms with E-state index in [1.165, 1.54) is 0 Å². The molecule has 8 nitrogen and oxygen atoms in total. The average Bonchev–Trinajstić information content (AvgIpc) is 2.71. The lowest BCUT2D eigenvalue weighted by atomic mass is 10.0. The SMILES string of the molecule is CN/C=C(\C(=N)CO)c1cnc2ccc(Nc3cc(C(C)C)cnn3)nc2c1. The summed E-state index contributed by atoms with van der Waals surface area (Å²) in [6.45, 7) is 3.84. The Kier molecular flexibility index (Phi) is 5.90. The van der Waals surface area contributed by atoms with Gasteiger partial charge in [-0.05, 0) is 35.7 Å². The monoisotopic (exact) mass is 377 g/mol. The Morgan fingerprint density at radius 3 is 2.71 bits per heavy atom. The van der Waals surface area contributed by atoms with Gasteiger partial charge in [0.2, 0.25) is 0 Å². The number of aliphatic hydroxyl groups is 1. The molecule has 144 valence electrons. The maximum Gasteiger partial charge on any atom is 0.154 e. The molecule has 28 heavy (non-hydrogen) atoms. The second kappa shape index (κ2) is 8.53. The zero-order valence-corrected chi connectivity index (χ0v) is 16.1. The van der Waals surface area contributed by atoms with E-state index >= 15 is 0 Å². The van der Waals surface area contributed by atoms with E-state index < -0.39 is 0 Å². The molecule has 0 aliphatic heterocycles. The summed E-state index contributed by atoms with van der Waals surface area (Å²) < 4.78 is 0. The number of aromatic nitrogens is 4. The first-order valence-electron chi connectivity index (χ1n) is 8.94. The molecule has 0 saturated heterocycles. The second-order valence-electron chi connectivity index (χ2n) is 6.60. The van der Waals surface area contributed by atoms with E-state index in [9.17, 15) is 5.11 Å². The largest absolute Gasteiger partial charge is 0.393 e. The number of anilines is 2. The van der Waals surface area contributed by atoms with Crippen molar-refractivity contribution in [1.29, 1.82) is 5.41 Å². The van der Waals surface area contributed by atoms with Crippen LogP contribution in [0.5, 0.6) is 0 Å². The van der Waals surface area contributed by atoms with Gasteiger partial charge in [0.05, 0.1) is 29.5 Å². The van der Waals surface area contributed by atoms with Gasteiger partial charge in [-0.15, -0.1) is 5.10 Å². The van der Waals surface area contributed by atoms with Crippen LogP contribution in [0.4, 0.5) is 11.6 Å². The quantitative estimate of drug-likeness (QED) is 0.467. The smallest absolute Gasteiger partial charge is 0.154 e. The van der Waals surface area contributed by atoms with Crippen LogP contribution in [-0.4, -0.2) is 44.6 Å². The molecule has 0 spiro atoms. The van der Waals surface area contributed by atoms with Gasteiger partial charge < -0.3 is 21.1 Å². The molecule has 0 unspecified atom stereocenters. The molecule has 0 atom stereocenters. The summed E-state index contributed by atoms with van der Waals surface area (Å²) >= 11 is 0. The summed E-state index contributed by atoms with van der Waals surface area (Å²) in [6.07, 6.45) is 5.09. The van der Waals surface area contributed by atoms with Crippen molar-refractivity contribution in [2.75, 3.05) is 19.0 Å². The molecule has 3 aromatic rings. The van der Waals surface area contributed by atoms with Gasteiger partial charge in [-0.25, -0.2) is 4.98 Å². The Morgan fingerprint density at radius 2 is 2.00 bits per heavy atom. The fourth-order valence-corrected chi connectivity index (χ4v) is 2.69. The van der Waals surface area contributed by atoms with Gasteiger partial charge in [0, 0.05) is 30.6 Å². The van der Waals surface area contributed by atoms with Crippen molar-refractivity contribution in [2.45, 2.75) is 19.8 Å². The second-order valence-corrected chi connectivity index (χ2v) is 6.60. The number of nitrogens with one attached hydrogen (secondary N) is 3. The van der Waals surface area contributed by atoms with Crippen LogP contribution in [0.1, 0.15) is 30.9 Å². The molecule has 0 aliphatic carbocycles. The van der Waals surface area contributed by atoms with E-state index in [4.69, 9.17) is 5.41 Å². The summed E-state index contributed by atoms with van der Waals surface area (Å²) in [5.74, 6) is 1.60. The van der Waals surface area contributed by atoms with Crippen molar-refractivity contribution in [3.8, 4) is 0 Å². The van der Waals surface area contributed by atoms with Crippen molar-refractivity contribution in [3.63, 3.8) is 0 Å². The van der Waals surface area contributed by atoms with Gasteiger partial charge in [0.15, 0.2) is 5.82 Å². The third-order valence-electron chi connectivity index (χ3n) is 4.22. The van der Waals surface area contributed by atoms with Gasteiger partial charge in [0.1, 0.15) is 5.82 Å². The van der Waals surface area contributed by atoms with Gasteiger partial charge >= 0.3 is 0 Å². The van der Waals surface area contributed by atoms with Crippen molar-refractivity contribution in [3.05, 3.63) is 54.0 Å². The molecule has 3 heterocycles. The van der Waals surface area contributed by atoms with Crippen molar-refractivity contribution in [1.82, 2.24) is 25.5 Å². The highest BCUT2D eigenvalue weighted by Crippen LogP contribution is 2.22. The highest BCUT2D eigenvalue weighted by molar-refractivity contribution is 6.23. The van der Waals surface area contributed by atoms with E-state index in [2.05, 4.69) is 44.6 Å². The molecule has 0 amide bonds. The van der Waals surface area contributed by atoms with Crippen LogP contribution < -0.4 is 10.6 Å². The lowest BCUT2D eigenvalue weighted by Crippen LogP contribution is -2.09. The van der Waals surface area contributed by atoms with Gasteiger partial charge in [-0.2, -0.15) is 5.10 Å². The van der Waals surface area contributed by atoms with Crippen molar-refractivity contribution in [2.24, 2.45) is 0 Å². The molecule has 0 bridgehead atoms. The lowest BCUT2D eigenvalue weighted by molar-refractivity contribution is 0.358. The lowest BCUT2D eigenvalue weighted by Gasteiger charge is -2.10. The maximum atomic E-state index is 9.32. The average molecular weight is 377 g/mol. The third-order valence-corrected chi connectivity index (χ3v) is 4.22. The maximum absolute atomic E-state index is 9.32. The predicted molar refractivity (Wildman–Crippen MR) is 111 cm³/mol. The minimum absolute atomic E-state index is 0.102. The van der Waals surface area contributed by atoms with Crippen LogP contribution >= 0.6 is 0 Å². The van der Waals surface area contributed by atoms with Crippen LogP contribution in [0.15, 0.2) is 42.9 Å². The molecule has 0 saturated carbocycles. The first kappa shape index (κ1) is 19.4. The first-order valence-corrected chi connectivity index (χ1v) is 8.94. The molecule has 3 rings (SSSR count). The molecule has 4 N–H and O–H groups in total. The number of nitrogens with zero attached hydrogens (tertiary/aromatic N) is 4. The molecule has 0 fully saturated rings. The highest BCUT2D eigenvalue weighted by Gasteiger charge is 2.10. The highest BCUT2D eigenvalue weighted by atomic mass is 16.3. The molecule has 0 aliphatic rings. The molecule has 8 heteroatoms. The van der Waals surface area contributed by atoms with E-state index in [0.717, 1.165) is 11.1 Å². The summed E-state index contributed by atoms with van der Waals surface area (Å²) in [6, 6.07) is 7.50. The summed E-state index contributed by atoms with van der Waals surface area (Å²) in [4.78, 5) is 9.03. The Hall–Kier alpha value is -3.39. The molecule has 0 radical (unpaired) electrons. The number of pyridine rings is 2. The van der Waals surface area contributed by atoms with E-state index in [-0.39, 0.29) is 12.3 Å². The van der Waals surface area contributed by atoms with E-state index in [1.807, 2.05) is 24.3 Å². The van der Waals surface area contributed by atoms with Gasteiger partial charge in [-0.3, -0.25) is 4.98 Å². The van der Waals surface area contributed by atoms with Crippen LogP contribution in [0.3, 0.4) is 0 Å². The summed E-state index contributed by atoms with van der Waals surface area (Å²) in [5, 5.41) is 31.5. The van der Waals surface area contributed by atoms with Crippen molar-refractivity contribution >= 4 is 34.0 Å². The zero-order chi connectivity index (χ0) is 20.1. The van der Waals surface area contributed by atoms with Gasteiger partial charge in [-0.1, -0.05) is 13.8 Å². The van der Waals surface area contributed by atoms with E-state index in [0.29, 0.717) is 34.2 Å². The Labute approximate surface area is 163 Å². The predicted octanol–water partition coefficient (Wildman–Crippen LogP) is 2.86. The molecule has 3 aromatic heterocycles. The van der Waals surface area contributed by atoms with E-state index in [1.54, 1.807) is 25.6 Å². The minimum atomic E-state index is -0.356. The van der Waals surface area contributed by atoms with Crippen LogP contribution in [0.2, 0.25) is 0 Å². The Balaban J connectivity index is 1.95. The van der Waals surface area contributed by atoms with Crippen LogP contribution in [0, 0.1) is 5.41 Å². The Bertz CT molecular complexity index is 1030. The first-order chi connectivity index (χ1) is 13.5. The number of fused-ring (bicyclic) bond motifs is 1. The normalized spacial score (nSPS) is 11.7.